The van der Waals surface area contributed by atoms with Gasteiger partial charge in [0, 0.05) is 12.8 Å². The molecule has 0 aliphatic carbocycles. The average molecular weight is 258 g/mol. The highest BCUT2D eigenvalue weighted by Crippen LogP contribution is 2.13. The van der Waals surface area contributed by atoms with E-state index in [2.05, 4.69) is 0 Å². The van der Waals surface area contributed by atoms with Crippen LogP contribution in [0.3, 0.4) is 0 Å². The van der Waals surface area contributed by atoms with Crippen molar-refractivity contribution in [3.05, 3.63) is 65.5 Å². The van der Waals surface area contributed by atoms with Gasteiger partial charge in [0.1, 0.15) is 17.3 Å². The third kappa shape index (κ3) is 3.65. The highest BCUT2D eigenvalue weighted by molar-refractivity contribution is 5.83. The van der Waals surface area contributed by atoms with Crippen molar-refractivity contribution in [1.82, 2.24) is 0 Å². The second-order valence-corrected chi connectivity index (χ2v) is 4.33. The van der Waals surface area contributed by atoms with Crippen molar-refractivity contribution >= 4 is 5.78 Å². The number of rotatable bonds is 5. The highest BCUT2D eigenvalue weighted by Gasteiger charge is 2.08. The molecule has 0 aromatic heterocycles. The number of Topliss-reactive ketones (excluding diaryl/α,β-unsaturated/α-hetero) is 1. The van der Waals surface area contributed by atoms with Gasteiger partial charge in [-0.3, -0.25) is 4.79 Å². The molecule has 0 N–H and O–H groups in total. The van der Waals surface area contributed by atoms with Gasteiger partial charge in [-0.05, 0) is 29.3 Å². The standard InChI is InChI=1S/C16H15FO2/c1-19-15-8-6-12(7-9-15)10-14(18)11-13-4-2-3-5-16(13)17/h2-9H,10-11H2,1H3. The minimum Gasteiger partial charge on any atom is -0.497 e. The van der Waals surface area contributed by atoms with Crippen LogP contribution < -0.4 is 4.74 Å². The van der Waals surface area contributed by atoms with Crippen LogP contribution in [0, 0.1) is 5.82 Å². The third-order valence-corrected chi connectivity index (χ3v) is 2.91. The maximum Gasteiger partial charge on any atom is 0.141 e. The summed E-state index contributed by atoms with van der Waals surface area (Å²) in [7, 11) is 1.60. The Bertz CT molecular complexity index is 561. The number of carbonyl (C=O) groups excluding carboxylic acids is 1. The molecule has 0 saturated heterocycles. The Hall–Kier alpha value is -2.16. The highest BCUT2D eigenvalue weighted by atomic mass is 19.1. The van der Waals surface area contributed by atoms with Gasteiger partial charge in [-0.15, -0.1) is 0 Å². The van der Waals surface area contributed by atoms with Crippen LogP contribution in [0.4, 0.5) is 4.39 Å². The van der Waals surface area contributed by atoms with E-state index in [-0.39, 0.29) is 18.0 Å². The Morgan fingerprint density at radius 1 is 1.05 bits per heavy atom. The number of hydrogen-bond donors (Lipinski definition) is 0. The molecule has 0 spiro atoms. The minimum atomic E-state index is -0.328. The molecule has 19 heavy (non-hydrogen) atoms. The zero-order valence-corrected chi connectivity index (χ0v) is 10.7. The van der Waals surface area contributed by atoms with Crippen LogP contribution in [0.2, 0.25) is 0 Å². The lowest BCUT2D eigenvalue weighted by molar-refractivity contribution is -0.117. The Morgan fingerprint density at radius 2 is 1.74 bits per heavy atom. The van der Waals surface area contributed by atoms with Gasteiger partial charge in [0.2, 0.25) is 0 Å². The predicted octanol–water partition coefficient (Wildman–Crippen LogP) is 3.19. The molecule has 0 bridgehead atoms. The summed E-state index contributed by atoms with van der Waals surface area (Å²) < 4.78 is 18.5. The molecule has 98 valence electrons. The van der Waals surface area contributed by atoms with Crippen molar-refractivity contribution in [2.45, 2.75) is 12.8 Å². The molecule has 0 atom stereocenters. The molecule has 0 unspecified atom stereocenters. The summed E-state index contributed by atoms with van der Waals surface area (Å²) in [5.74, 6) is 0.422. The first kappa shape index (κ1) is 13.3. The van der Waals surface area contributed by atoms with E-state index in [1.54, 1.807) is 25.3 Å². The van der Waals surface area contributed by atoms with Crippen molar-refractivity contribution in [3.63, 3.8) is 0 Å². The van der Waals surface area contributed by atoms with Gasteiger partial charge in [0.05, 0.1) is 7.11 Å². The maximum absolute atomic E-state index is 13.4. The molecule has 0 aliphatic rings. The van der Waals surface area contributed by atoms with Gasteiger partial charge < -0.3 is 4.74 Å². The first-order valence-electron chi connectivity index (χ1n) is 6.07. The first-order valence-corrected chi connectivity index (χ1v) is 6.07. The lowest BCUT2D eigenvalue weighted by Gasteiger charge is -2.04. The summed E-state index contributed by atoms with van der Waals surface area (Å²) in [6, 6.07) is 13.7. The lowest BCUT2D eigenvalue weighted by Crippen LogP contribution is -2.07. The number of carbonyl (C=O) groups is 1. The summed E-state index contributed by atoms with van der Waals surface area (Å²) in [6.45, 7) is 0. The van der Waals surface area contributed by atoms with E-state index < -0.39 is 0 Å². The van der Waals surface area contributed by atoms with Crippen LogP contribution in [-0.2, 0) is 17.6 Å². The second-order valence-electron chi connectivity index (χ2n) is 4.33. The monoisotopic (exact) mass is 258 g/mol. The van der Waals surface area contributed by atoms with Crippen LogP contribution in [0.1, 0.15) is 11.1 Å². The molecule has 2 aromatic rings. The Morgan fingerprint density at radius 3 is 2.37 bits per heavy atom. The maximum atomic E-state index is 13.4. The van der Waals surface area contributed by atoms with Crippen LogP contribution in [-0.4, -0.2) is 12.9 Å². The fourth-order valence-corrected chi connectivity index (χ4v) is 1.89. The quantitative estimate of drug-likeness (QED) is 0.823. The van der Waals surface area contributed by atoms with Gasteiger partial charge in [-0.2, -0.15) is 0 Å². The van der Waals surface area contributed by atoms with Crippen molar-refractivity contribution in [2.24, 2.45) is 0 Å². The van der Waals surface area contributed by atoms with Crippen molar-refractivity contribution in [1.29, 1.82) is 0 Å². The number of halogens is 1. The molecule has 2 aromatic carbocycles. The fraction of sp³-hybridized carbons (Fsp3) is 0.188. The topological polar surface area (TPSA) is 26.3 Å². The number of benzene rings is 2. The van der Waals surface area contributed by atoms with Gasteiger partial charge >= 0.3 is 0 Å². The predicted molar refractivity (Wildman–Crippen MR) is 71.8 cm³/mol. The summed E-state index contributed by atoms with van der Waals surface area (Å²) in [6.07, 6.45) is 0.428. The Labute approximate surface area is 111 Å². The van der Waals surface area contributed by atoms with E-state index in [1.807, 2.05) is 24.3 Å². The van der Waals surface area contributed by atoms with Crippen molar-refractivity contribution in [3.8, 4) is 5.75 Å². The zero-order valence-electron chi connectivity index (χ0n) is 10.7. The first-order chi connectivity index (χ1) is 9.19. The van der Waals surface area contributed by atoms with E-state index in [0.717, 1.165) is 11.3 Å². The van der Waals surface area contributed by atoms with Gasteiger partial charge in [-0.25, -0.2) is 4.39 Å². The average Bonchev–Trinajstić information content (AvgIpc) is 2.42. The Kier molecular flexibility index (Phi) is 4.29. The van der Waals surface area contributed by atoms with Crippen molar-refractivity contribution < 1.29 is 13.9 Å². The van der Waals surface area contributed by atoms with E-state index >= 15 is 0 Å². The normalized spacial score (nSPS) is 10.2. The van der Waals surface area contributed by atoms with E-state index in [1.165, 1.54) is 6.07 Å². The summed E-state index contributed by atoms with van der Waals surface area (Å²) in [5.41, 5.74) is 1.35. The van der Waals surface area contributed by atoms with Gasteiger partial charge in [0.25, 0.3) is 0 Å². The molecule has 2 nitrogen and oxygen atoms in total. The van der Waals surface area contributed by atoms with Crippen LogP contribution >= 0.6 is 0 Å². The minimum absolute atomic E-state index is 0.00438. The van der Waals surface area contributed by atoms with E-state index in [0.29, 0.717) is 12.0 Å². The SMILES string of the molecule is COc1ccc(CC(=O)Cc2ccccc2F)cc1. The lowest BCUT2D eigenvalue weighted by atomic mass is 10.0. The van der Waals surface area contributed by atoms with E-state index in [4.69, 9.17) is 4.74 Å². The van der Waals surface area contributed by atoms with Crippen LogP contribution in [0.25, 0.3) is 0 Å². The molecule has 0 saturated carbocycles. The van der Waals surface area contributed by atoms with Gasteiger partial charge in [-0.1, -0.05) is 30.3 Å². The van der Waals surface area contributed by atoms with E-state index in [9.17, 15) is 9.18 Å². The largest absolute Gasteiger partial charge is 0.497 e. The van der Waals surface area contributed by atoms with Crippen molar-refractivity contribution in [2.75, 3.05) is 7.11 Å². The molecule has 0 heterocycles. The summed E-state index contributed by atoms with van der Waals surface area (Å²) in [5, 5.41) is 0. The molecular weight excluding hydrogens is 243 g/mol. The molecule has 0 amide bonds. The molecule has 3 heteroatoms. The summed E-state index contributed by atoms with van der Waals surface area (Å²) >= 11 is 0. The molecule has 2 rings (SSSR count). The molecule has 0 radical (unpaired) electrons. The van der Waals surface area contributed by atoms with Gasteiger partial charge in [0.15, 0.2) is 0 Å². The zero-order chi connectivity index (χ0) is 13.7. The second kappa shape index (κ2) is 6.14. The van der Waals surface area contributed by atoms with Crippen LogP contribution in [0.5, 0.6) is 5.75 Å². The number of ether oxygens (including phenoxy) is 1. The third-order valence-electron chi connectivity index (χ3n) is 2.91. The smallest absolute Gasteiger partial charge is 0.141 e. The number of ketones is 1. The van der Waals surface area contributed by atoms with Crippen LogP contribution in [0.15, 0.2) is 48.5 Å². The molecule has 0 aliphatic heterocycles. The Balaban J connectivity index is 1.99. The summed E-state index contributed by atoms with van der Waals surface area (Å²) in [4.78, 5) is 11.9. The fourth-order valence-electron chi connectivity index (χ4n) is 1.89. The molecule has 0 fully saturated rings. The molecular formula is C16H15FO2. The number of methoxy groups -OCH3 is 1. The number of hydrogen-bond acceptors (Lipinski definition) is 2.